The van der Waals surface area contributed by atoms with E-state index in [-0.39, 0.29) is 29.0 Å². The number of amides is 1. The third kappa shape index (κ3) is 8.53. The molecule has 0 saturated heterocycles. The molecule has 0 radical (unpaired) electrons. The van der Waals surface area contributed by atoms with E-state index in [1.165, 1.54) is 24.3 Å². The highest BCUT2D eigenvalue weighted by Crippen LogP contribution is 2.13. The van der Waals surface area contributed by atoms with E-state index in [9.17, 15) is 18.0 Å². The van der Waals surface area contributed by atoms with Crippen molar-refractivity contribution in [2.24, 2.45) is 11.8 Å². The first-order chi connectivity index (χ1) is 13.5. The van der Waals surface area contributed by atoms with Crippen LogP contribution >= 0.6 is 0 Å². The number of hydrogen-bond acceptors (Lipinski definition) is 5. The van der Waals surface area contributed by atoms with Crippen LogP contribution in [0.25, 0.3) is 0 Å². The van der Waals surface area contributed by atoms with Gasteiger partial charge < -0.3 is 9.64 Å². The first-order valence-electron chi connectivity index (χ1n) is 10.0. The molecular weight excluding hydrogens is 392 g/mol. The predicted molar refractivity (Wildman–Crippen MR) is 113 cm³/mol. The maximum absolute atomic E-state index is 12.4. The molecular formula is C21H34N2O5S. The largest absolute Gasteiger partial charge is 0.452 e. The van der Waals surface area contributed by atoms with Gasteiger partial charge in [0.05, 0.1) is 10.5 Å². The Morgan fingerprint density at radius 3 is 1.97 bits per heavy atom. The van der Waals surface area contributed by atoms with Crippen molar-refractivity contribution in [3.8, 4) is 0 Å². The second kappa shape index (κ2) is 11.3. The minimum atomic E-state index is -3.64. The van der Waals surface area contributed by atoms with E-state index in [1.807, 2.05) is 34.6 Å². The summed E-state index contributed by atoms with van der Waals surface area (Å²) < 4.78 is 32.2. The molecule has 29 heavy (non-hydrogen) atoms. The van der Waals surface area contributed by atoms with Crippen molar-refractivity contribution in [3.05, 3.63) is 29.8 Å². The Kier molecular flexibility index (Phi) is 9.79. The summed E-state index contributed by atoms with van der Waals surface area (Å²) in [7, 11) is -3.64. The summed E-state index contributed by atoms with van der Waals surface area (Å²) in [6, 6.07) is 5.30. The first kappa shape index (κ1) is 25.1. The molecule has 0 aliphatic rings. The minimum absolute atomic E-state index is 0.0745. The standard InChI is InChI=1S/C21H34N2O5S/c1-7-17(6)22-29(26,27)19-10-8-18(9-11-19)21(25)28-14-20(24)23(12-15(2)3)13-16(4)5/h8-11,15-17,22H,7,12-14H2,1-6H3. The Morgan fingerprint density at radius 2 is 1.52 bits per heavy atom. The van der Waals surface area contributed by atoms with E-state index < -0.39 is 16.0 Å². The maximum atomic E-state index is 12.4. The molecule has 0 saturated carbocycles. The van der Waals surface area contributed by atoms with Crippen molar-refractivity contribution in [2.45, 2.75) is 58.9 Å². The first-order valence-corrected chi connectivity index (χ1v) is 11.5. The Morgan fingerprint density at radius 1 is 1.00 bits per heavy atom. The van der Waals surface area contributed by atoms with Crippen molar-refractivity contribution >= 4 is 21.9 Å². The number of benzene rings is 1. The number of nitrogens with one attached hydrogen (secondary N) is 1. The lowest BCUT2D eigenvalue weighted by atomic mass is 10.1. The molecule has 0 aromatic heterocycles. The second-order valence-electron chi connectivity index (χ2n) is 8.12. The van der Waals surface area contributed by atoms with Crippen LogP contribution in [-0.4, -0.2) is 50.9 Å². The highest BCUT2D eigenvalue weighted by atomic mass is 32.2. The molecule has 0 aliphatic carbocycles. The van der Waals surface area contributed by atoms with Gasteiger partial charge in [-0.25, -0.2) is 17.9 Å². The fourth-order valence-electron chi connectivity index (χ4n) is 2.65. The van der Waals surface area contributed by atoms with Gasteiger partial charge in [0.2, 0.25) is 10.0 Å². The van der Waals surface area contributed by atoms with Crippen LogP contribution in [0.4, 0.5) is 0 Å². The van der Waals surface area contributed by atoms with Crippen LogP contribution in [0.15, 0.2) is 29.2 Å². The number of esters is 1. The van der Waals surface area contributed by atoms with E-state index in [2.05, 4.69) is 4.72 Å². The summed E-state index contributed by atoms with van der Waals surface area (Å²) >= 11 is 0. The zero-order valence-electron chi connectivity index (χ0n) is 18.3. The maximum Gasteiger partial charge on any atom is 0.338 e. The van der Waals surface area contributed by atoms with E-state index in [1.54, 1.807) is 11.8 Å². The van der Waals surface area contributed by atoms with Crippen LogP contribution in [0, 0.1) is 11.8 Å². The van der Waals surface area contributed by atoms with Gasteiger partial charge in [0.25, 0.3) is 5.91 Å². The van der Waals surface area contributed by atoms with Crippen LogP contribution in [0.1, 0.15) is 58.3 Å². The number of rotatable bonds is 11. The molecule has 1 aromatic carbocycles. The minimum Gasteiger partial charge on any atom is -0.452 e. The molecule has 164 valence electrons. The summed E-state index contributed by atoms with van der Waals surface area (Å²) in [4.78, 5) is 26.5. The van der Waals surface area contributed by atoms with Gasteiger partial charge in [-0.1, -0.05) is 34.6 Å². The molecule has 0 heterocycles. The van der Waals surface area contributed by atoms with Gasteiger partial charge in [0, 0.05) is 19.1 Å². The number of nitrogens with zero attached hydrogens (tertiary/aromatic N) is 1. The molecule has 1 rings (SSSR count). The SMILES string of the molecule is CCC(C)NS(=O)(=O)c1ccc(C(=O)OCC(=O)N(CC(C)C)CC(C)C)cc1. The Balaban J connectivity index is 2.74. The number of carbonyl (C=O) groups excluding carboxylic acids is 2. The van der Waals surface area contributed by atoms with Crippen LogP contribution in [0.2, 0.25) is 0 Å². The summed E-state index contributed by atoms with van der Waals surface area (Å²) in [5, 5.41) is 0. The third-order valence-corrected chi connectivity index (χ3v) is 5.82. The van der Waals surface area contributed by atoms with E-state index in [4.69, 9.17) is 4.74 Å². The normalized spacial score (nSPS) is 12.8. The van der Waals surface area contributed by atoms with Crippen LogP contribution < -0.4 is 4.72 Å². The lowest BCUT2D eigenvalue weighted by molar-refractivity contribution is -0.135. The average molecular weight is 427 g/mol. The lowest BCUT2D eigenvalue weighted by Gasteiger charge is -2.26. The Bertz CT molecular complexity index is 763. The number of carbonyl (C=O) groups is 2. The summed E-state index contributed by atoms with van der Waals surface area (Å²) in [5.41, 5.74) is 0.194. The van der Waals surface area contributed by atoms with Gasteiger partial charge in [-0.3, -0.25) is 4.79 Å². The molecule has 1 amide bonds. The van der Waals surface area contributed by atoms with Crippen molar-refractivity contribution < 1.29 is 22.7 Å². The van der Waals surface area contributed by atoms with Crippen molar-refractivity contribution in [1.29, 1.82) is 0 Å². The van der Waals surface area contributed by atoms with Crippen LogP contribution in [-0.2, 0) is 19.6 Å². The van der Waals surface area contributed by atoms with Crippen molar-refractivity contribution in [2.75, 3.05) is 19.7 Å². The molecule has 1 N–H and O–H groups in total. The van der Waals surface area contributed by atoms with E-state index >= 15 is 0 Å². The Hall–Kier alpha value is -1.93. The molecule has 0 aliphatic heterocycles. The fraction of sp³-hybridized carbons (Fsp3) is 0.619. The lowest BCUT2D eigenvalue weighted by Crippen LogP contribution is -2.39. The molecule has 8 heteroatoms. The highest BCUT2D eigenvalue weighted by molar-refractivity contribution is 7.89. The van der Waals surface area contributed by atoms with Crippen LogP contribution in [0.5, 0.6) is 0 Å². The average Bonchev–Trinajstić information content (AvgIpc) is 2.64. The second-order valence-corrected chi connectivity index (χ2v) is 9.83. The van der Waals surface area contributed by atoms with Crippen LogP contribution in [0.3, 0.4) is 0 Å². The topological polar surface area (TPSA) is 92.8 Å². The summed E-state index contributed by atoms with van der Waals surface area (Å²) in [6.07, 6.45) is 0.669. The van der Waals surface area contributed by atoms with Crippen molar-refractivity contribution in [3.63, 3.8) is 0 Å². The van der Waals surface area contributed by atoms with Gasteiger partial charge >= 0.3 is 5.97 Å². The molecule has 1 atom stereocenters. The van der Waals surface area contributed by atoms with Gasteiger partial charge in [0.15, 0.2) is 6.61 Å². The van der Waals surface area contributed by atoms with Gasteiger partial charge in [-0.2, -0.15) is 0 Å². The molecule has 0 spiro atoms. The Labute approximate surface area is 174 Å². The zero-order chi connectivity index (χ0) is 22.2. The summed E-state index contributed by atoms with van der Waals surface area (Å²) in [6.45, 7) is 12.6. The van der Waals surface area contributed by atoms with Gasteiger partial charge in [0.1, 0.15) is 0 Å². The fourth-order valence-corrected chi connectivity index (χ4v) is 3.97. The van der Waals surface area contributed by atoms with E-state index in [0.717, 1.165) is 0 Å². The molecule has 1 aromatic rings. The van der Waals surface area contributed by atoms with E-state index in [0.29, 0.717) is 31.3 Å². The smallest absolute Gasteiger partial charge is 0.338 e. The van der Waals surface area contributed by atoms with Gasteiger partial charge in [-0.05, 0) is 49.4 Å². The molecule has 0 fully saturated rings. The van der Waals surface area contributed by atoms with Gasteiger partial charge in [-0.15, -0.1) is 0 Å². The summed E-state index contributed by atoms with van der Waals surface area (Å²) in [5.74, 6) is -0.275. The van der Waals surface area contributed by atoms with Crippen molar-refractivity contribution in [1.82, 2.24) is 9.62 Å². The highest BCUT2D eigenvalue weighted by Gasteiger charge is 2.20. The molecule has 1 unspecified atom stereocenters. The monoisotopic (exact) mass is 426 g/mol. The third-order valence-electron chi connectivity index (χ3n) is 4.22. The molecule has 7 nitrogen and oxygen atoms in total. The number of sulfonamides is 1. The number of hydrogen-bond donors (Lipinski definition) is 1. The number of ether oxygens (including phenoxy) is 1. The molecule has 0 bridgehead atoms. The zero-order valence-corrected chi connectivity index (χ0v) is 19.1. The predicted octanol–water partition coefficient (Wildman–Crippen LogP) is 3.06. The quantitative estimate of drug-likeness (QED) is 0.549.